The van der Waals surface area contributed by atoms with Gasteiger partial charge in [0.1, 0.15) is 12.1 Å². The Balaban J connectivity index is 2.12. The van der Waals surface area contributed by atoms with E-state index in [9.17, 15) is 9.59 Å². The highest BCUT2D eigenvalue weighted by Crippen LogP contribution is 2.37. The molecule has 0 aromatic carbocycles. The minimum atomic E-state index is -0.453. The van der Waals surface area contributed by atoms with Crippen molar-refractivity contribution in [3.05, 3.63) is 28.2 Å². The average molecular weight is 288 g/mol. The number of primary amides is 1. The Morgan fingerprint density at radius 3 is 3.00 bits per heavy atom. The number of hydrogen-bond donors (Lipinski definition) is 2. The summed E-state index contributed by atoms with van der Waals surface area (Å²) in [5.41, 5.74) is 7.74. The SMILES string of the molecule is C[C@@H]1CC(=O)Nc2ncnc(-c3csc(C(N)=O)c3)c21. The molecule has 0 aliphatic carbocycles. The summed E-state index contributed by atoms with van der Waals surface area (Å²) in [5.74, 6) is 0.0840. The van der Waals surface area contributed by atoms with Gasteiger partial charge in [-0.25, -0.2) is 9.97 Å². The van der Waals surface area contributed by atoms with Crippen LogP contribution >= 0.6 is 11.3 Å². The maximum atomic E-state index is 11.5. The van der Waals surface area contributed by atoms with E-state index in [0.29, 0.717) is 17.1 Å². The summed E-state index contributed by atoms with van der Waals surface area (Å²) in [6, 6.07) is 1.72. The number of nitrogens with one attached hydrogen (secondary N) is 1. The van der Waals surface area contributed by atoms with Gasteiger partial charge in [0.15, 0.2) is 0 Å². The molecule has 2 amide bonds. The normalized spacial score (nSPS) is 17.4. The van der Waals surface area contributed by atoms with E-state index in [1.54, 1.807) is 6.07 Å². The lowest BCUT2D eigenvalue weighted by molar-refractivity contribution is -0.116. The number of carbonyl (C=O) groups excluding carboxylic acids is 2. The van der Waals surface area contributed by atoms with Gasteiger partial charge in [-0.1, -0.05) is 6.92 Å². The molecule has 0 spiro atoms. The number of nitrogens with zero attached hydrogens (tertiary/aromatic N) is 2. The molecule has 0 bridgehead atoms. The van der Waals surface area contributed by atoms with Crippen LogP contribution in [-0.2, 0) is 4.79 Å². The lowest BCUT2D eigenvalue weighted by Gasteiger charge is -2.23. The molecule has 0 radical (unpaired) electrons. The van der Waals surface area contributed by atoms with Crippen LogP contribution in [0.25, 0.3) is 11.3 Å². The number of thiophene rings is 1. The number of aromatic nitrogens is 2. The first-order valence-electron chi connectivity index (χ1n) is 6.09. The molecule has 0 saturated heterocycles. The molecule has 3 heterocycles. The molecule has 0 unspecified atom stereocenters. The quantitative estimate of drug-likeness (QED) is 0.879. The van der Waals surface area contributed by atoms with E-state index in [0.717, 1.165) is 16.8 Å². The highest BCUT2D eigenvalue weighted by molar-refractivity contribution is 7.12. The molecule has 1 aliphatic heterocycles. The van der Waals surface area contributed by atoms with Crippen molar-refractivity contribution >= 4 is 29.0 Å². The van der Waals surface area contributed by atoms with Gasteiger partial charge in [-0.05, 0) is 12.0 Å². The second-order valence-corrected chi connectivity index (χ2v) is 5.61. The Labute approximate surface area is 119 Å². The molecule has 6 nitrogen and oxygen atoms in total. The van der Waals surface area contributed by atoms with Gasteiger partial charge in [0.25, 0.3) is 5.91 Å². The first-order chi connectivity index (χ1) is 9.56. The van der Waals surface area contributed by atoms with Crippen molar-refractivity contribution in [2.75, 3.05) is 5.32 Å². The number of hydrogen-bond acceptors (Lipinski definition) is 5. The maximum Gasteiger partial charge on any atom is 0.258 e. The van der Waals surface area contributed by atoms with E-state index in [2.05, 4.69) is 15.3 Å². The Morgan fingerprint density at radius 1 is 1.50 bits per heavy atom. The lowest BCUT2D eigenvalue weighted by atomic mass is 9.91. The third-order valence-corrected chi connectivity index (χ3v) is 4.19. The Hall–Kier alpha value is -2.28. The predicted molar refractivity (Wildman–Crippen MR) is 75.5 cm³/mol. The fourth-order valence-electron chi connectivity index (χ4n) is 2.34. The van der Waals surface area contributed by atoms with Crippen molar-refractivity contribution in [3.63, 3.8) is 0 Å². The minimum absolute atomic E-state index is 0.0341. The van der Waals surface area contributed by atoms with Crippen LogP contribution in [0.1, 0.15) is 34.5 Å². The van der Waals surface area contributed by atoms with Crippen LogP contribution in [0, 0.1) is 0 Å². The highest BCUT2D eigenvalue weighted by atomic mass is 32.1. The standard InChI is InChI=1S/C13H12N4O2S/c1-6-2-9(18)17-13-10(6)11(15-5-16-13)7-3-8(12(14)19)20-4-7/h3-6H,2H2,1H3,(H2,14,19)(H,15,16,17,18)/t6-/m1/s1. The number of rotatable bonds is 2. The Morgan fingerprint density at radius 2 is 2.30 bits per heavy atom. The molecular weight excluding hydrogens is 276 g/mol. The van der Waals surface area contributed by atoms with Crippen LogP contribution in [0.5, 0.6) is 0 Å². The van der Waals surface area contributed by atoms with Gasteiger partial charge in [-0.15, -0.1) is 11.3 Å². The van der Waals surface area contributed by atoms with Gasteiger partial charge in [-0.2, -0.15) is 0 Å². The molecule has 0 saturated carbocycles. The van der Waals surface area contributed by atoms with Crippen LogP contribution in [-0.4, -0.2) is 21.8 Å². The van der Waals surface area contributed by atoms with Crippen LogP contribution in [0.15, 0.2) is 17.8 Å². The average Bonchev–Trinajstić information content (AvgIpc) is 2.87. The van der Waals surface area contributed by atoms with Gasteiger partial charge in [-0.3, -0.25) is 9.59 Å². The molecule has 3 rings (SSSR count). The Bertz CT molecular complexity index is 710. The highest BCUT2D eigenvalue weighted by Gasteiger charge is 2.27. The summed E-state index contributed by atoms with van der Waals surface area (Å²) >= 11 is 1.28. The number of amides is 2. The fourth-order valence-corrected chi connectivity index (χ4v) is 3.09. The molecule has 2 aromatic rings. The summed E-state index contributed by atoms with van der Waals surface area (Å²) < 4.78 is 0. The second kappa shape index (κ2) is 4.68. The van der Waals surface area contributed by atoms with E-state index < -0.39 is 5.91 Å². The van der Waals surface area contributed by atoms with Gasteiger partial charge >= 0.3 is 0 Å². The van der Waals surface area contributed by atoms with Crippen LogP contribution in [0.2, 0.25) is 0 Å². The zero-order valence-corrected chi connectivity index (χ0v) is 11.5. The lowest BCUT2D eigenvalue weighted by Crippen LogP contribution is -2.23. The third kappa shape index (κ3) is 2.05. The van der Waals surface area contributed by atoms with Crippen molar-refractivity contribution in [2.24, 2.45) is 5.73 Å². The summed E-state index contributed by atoms with van der Waals surface area (Å²) in [7, 11) is 0. The maximum absolute atomic E-state index is 11.5. The molecule has 1 aliphatic rings. The fraction of sp³-hybridized carbons (Fsp3) is 0.231. The summed E-state index contributed by atoms with van der Waals surface area (Å²) in [4.78, 5) is 31.6. The van der Waals surface area contributed by atoms with Gasteiger partial charge in [0.2, 0.25) is 5.91 Å². The first kappa shape index (κ1) is 12.7. The third-order valence-electron chi connectivity index (χ3n) is 3.24. The van der Waals surface area contributed by atoms with E-state index in [-0.39, 0.29) is 11.8 Å². The first-order valence-corrected chi connectivity index (χ1v) is 6.97. The molecule has 1 atom stereocenters. The van der Waals surface area contributed by atoms with Gasteiger partial charge < -0.3 is 11.1 Å². The summed E-state index contributed by atoms with van der Waals surface area (Å²) in [6.45, 7) is 1.96. The number of anilines is 1. The molecule has 2 aromatic heterocycles. The number of fused-ring (bicyclic) bond motifs is 1. The molecule has 0 fully saturated rings. The van der Waals surface area contributed by atoms with E-state index in [4.69, 9.17) is 5.73 Å². The monoisotopic (exact) mass is 288 g/mol. The molecule has 20 heavy (non-hydrogen) atoms. The predicted octanol–water partition coefficient (Wildman–Crippen LogP) is 1.75. The van der Waals surface area contributed by atoms with Crippen molar-refractivity contribution in [1.29, 1.82) is 0 Å². The smallest absolute Gasteiger partial charge is 0.258 e. The van der Waals surface area contributed by atoms with Crippen molar-refractivity contribution in [1.82, 2.24) is 9.97 Å². The Kier molecular flexibility index (Phi) is 2.98. The molecular formula is C13H12N4O2S. The van der Waals surface area contributed by atoms with Crippen LogP contribution in [0.3, 0.4) is 0 Å². The van der Waals surface area contributed by atoms with E-state index >= 15 is 0 Å². The van der Waals surface area contributed by atoms with Crippen molar-refractivity contribution in [3.8, 4) is 11.3 Å². The number of carbonyl (C=O) groups is 2. The van der Waals surface area contributed by atoms with Crippen molar-refractivity contribution < 1.29 is 9.59 Å². The number of nitrogens with two attached hydrogens (primary N) is 1. The molecule has 102 valence electrons. The second-order valence-electron chi connectivity index (χ2n) is 4.70. The largest absolute Gasteiger partial charge is 0.365 e. The zero-order chi connectivity index (χ0) is 14.3. The summed E-state index contributed by atoms with van der Waals surface area (Å²) in [6.07, 6.45) is 1.81. The van der Waals surface area contributed by atoms with Crippen LogP contribution < -0.4 is 11.1 Å². The minimum Gasteiger partial charge on any atom is -0.365 e. The van der Waals surface area contributed by atoms with Gasteiger partial charge in [0, 0.05) is 22.9 Å². The van der Waals surface area contributed by atoms with Crippen molar-refractivity contribution in [2.45, 2.75) is 19.3 Å². The topological polar surface area (TPSA) is 98.0 Å². The molecule has 3 N–H and O–H groups in total. The van der Waals surface area contributed by atoms with E-state index in [1.807, 2.05) is 12.3 Å². The summed E-state index contributed by atoms with van der Waals surface area (Å²) in [5, 5.41) is 4.59. The van der Waals surface area contributed by atoms with E-state index in [1.165, 1.54) is 17.7 Å². The molecule has 7 heteroatoms. The van der Waals surface area contributed by atoms with Gasteiger partial charge in [0.05, 0.1) is 10.6 Å². The van der Waals surface area contributed by atoms with Crippen LogP contribution in [0.4, 0.5) is 5.82 Å². The zero-order valence-electron chi connectivity index (χ0n) is 10.7.